The molecule has 0 spiro atoms. The van der Waals surface area contributed by atoms with Gasteiger partial charge in [0, 0.05) is 11.4 Å². The molecule has 0 fully saturated rings. The number of aryl methyl sites for hydroxylation is 2. The molecule has 32 heavy (non-hydrogen) atoms. The first-order chi connectivity index (χ1) is 14.9. The molecule has 0 bridgehead atoms. The third kappa shape index (κ3) is 6.46. The smallest absolute Gasteiger partial charge is 0.0642 e. The molecule has 3 aromatic rings. The van der Waals surface area contributed by atoms with Crippen molar-refractivity contribution < 1.29 is 0 Å². The van der Waals surface area contributed by atoms with Gasteiger partial charge in [-0.15, -0.1) is 0 Å². The van der Waals surface area contributed by atoms with Gasteiger partial charge in [-0.25, -0.2) is 0 Å². The highest BCUT2D eigenvalue weighted by atomic mass is 31.1. The number of rotatable bonds is 6. The van der Waals surface area contributed by atoms with E-state index in [1.807, 2.05) is 0 Å². The molecule has 3 rings (SSSR count). The highest BCUT2D eigenvalue weighted by Gasteiger charge is 2.30. The molecule has 2 heterocycles. The SMILES string of the molecule is Cc1cccc(P(Cc2ccccc2CP(c2cccc(C)n2)C(C)(C)C)C(C)(C)C)n1. The maximum absolute atomic E-state index is 4.95. The van der Waals surface area contributed by atoms with E-state index in [0.29, 0.717) is 0 Å². The molecule has 0 amide bonds. The fourth-order valence-electron chi connectivity index (χ4n) is 3.89. The first-order valence-electron chi connectivity index (χ1n) is 11.4. The van der Waals surface area contributed by atoms with Gasteiger partial charge in [0.25, 0.3) is 0 Å². The quantitative estimate of drug-likeness (QED) is 0.358. The molecule has 0 aliphatic heterocycles. The molecule has 2 nitrogen and oxygen atoms in total. The van der Waals surface area contributed by atoms with Crippen LogP contribution < -0.4 is 10.9 Å². The molecule has 1 aromatic carbocycles. The Morgan fingerprint density at radius 1 is 0.562 bits per heavy atom. The van der Waals surface area contributed by atoms with Crippen molar-refractivity contribution in [2.75, 3.05) is 0 Å². The lowest BCUT2D eigenvalue weighted by atomic mass is 10.1. The van der Waals surface area contributed by atoms with Crippen molar-refractivity contribution in [1.82, 2.24) is 9.97 Å². The van der Waals surface area contributed by atoms with Crippen molar-refractivity contribution >= 4 is 26.7 Å². The van der Waals surface area contributed by atoms with Crippen LogP contribution in [0.2, 0.25) is 0 Å². The Bertz CT molecular complexity index is 963. The maximum Gasteiger partial charge on any atom is 0.0642 e. The molecule has 4 heteroatoms. The van der Waals surface area contributed by atoms with Crippen LogP contribution in [0.15, 0.2) is 60.7 Å². The lowest BCUT2D eigenvalue weighted by molar-refractivity contribution is 0.781. The van der Waals surface area contributed by atoms with Crippen LogP contribution in [0.5, 0.6) is 0 Å². The van der Waals surface area contributed by atoms with E-state index in [0.717, 1.165) is 23.7 Å². The van der Waals surface area contributed by atoms with Gasteiger partial charge in [-0.3, -0.25) is 9.97 Å². The van der Waals surface area contributed by atoms with Gasteiger partial charge >= 0.3 is 0 Å². The van der Waals surface area contributed by atoms with E-state index in [2.05, 4.69) is 116 Å². The summed E-state index contributed by atoms with van der Waals surface area (Å²) < 4.78 is 0. The first kappa shape index (κ1) is 25.0. The van der Waals surface area contributed by atoms with Crippen molar-refractivity contribution in [3.63, 3.8) is 0 Å². The fourth-order valence-corrected chi connectivity index (χ4v) is 8.92. The minimum absolute atomic E-state index is 0.191. The number of nitrogens with zero attached hydrogens (tertiary/aromatic N) is 2. The summed E-state index contributed by atoms with van der Waals surface area (Å²) >= 11 is 0. The van der Waals surface area contributed by atoms with Gasteiger partial charge in [-0.2, -0.15) is 0 Å². The topological polar surface area (TPSA) is 25.8 Å². The molecule has 2 aromatic heterocycles. The Morgan fingerprint density at radius 3 is 1.25 bits per heavy atom. The van der Waals surface area contributed by atoms with Crippen LogP contribution in [0.1, 0.15) is 64.1 Å². The van der Waals surface area contributed by atoms with E-state index in [1.165, 1.54) is 22.0 Å². The van der Waals surface area contributed by atoms with E-state index in [9.17, 15) is 0 Å². The highest BCUT2D eigenvalue weighted by molar-refractivity contribution is 7.66. The van der Waals surface area contributed by atoms with Crippen LogP contribution >= 0.6 is 15.8 Å². The lowest BCUT2D eigenvalue weighted by Gasteiger charge is -2.34. The molecule has 0 saturated heterocycles. The summed E-state index contributed by atoms with van der Waals surface area (Å²) in [6.07, 6.45) is 2.14. The average molecular weight is 465 g/mol. The van der Waals surface area contributed by atoms with Crippen LogP contribution in [0.3, 0.4) is 0 Å². The second-order valence-electron chi connectivity index (χ2n) is 10.6. The predicted octanol–water partition coefficient (Wildman–Crippen LogP) is 7.31. The largest absolute Gasteiger partial charge is 0.253 e. The van der Waals surface area contributed by atoms with Crippen LogP contribution in [0, 0.1) is 13.8 Å². The number of benzene rings is 1. The van der Waals surface area contributed by atoms with Crippen LogP contribution in [-0.2, 0) is 12.3 Å². The molecule has 0 N–H and O–H groups in total. The van der Waals surface area contributed by atoms with Gasteiger partial charge in [0.05, 0.1) is 10.9 Å². The van der Waals surface area contributed by atoms with E-state index in [1.54, 1.807) is 0 Å². The molecular formula is C28H38N2P2. The van der Waals surface area contributed by atoms with Crippen LogP contribution in [0.4, 0.5) is 0 Å². The third-order valence-electron chi connectivity index (χ3n) is 5.70. The third-order valence-corrected chi connectivity index (χ3v) is 11.9. The van der Waals surface area contributed by atoms with Gasteiger partial charge < -0.3 is 0 Å². The summed E-state index contributed by atoms with van der Waals surface area (Å²) in [5.74, 6) is 0. The van der Waals surface area contributed by atoms with Crippen molar-refractivity contribution in [1.29, 1.82) is 0 Å². The zero-order valence-corrected chi connectivity index (χ0v) is 22.8. The number of hydrogen-bond donors (Lipinski definition) is 0. The fraction of sp³-hybridized carbons (Fsp3) is 0.429. The first-order valence-corrected chi connectivity index (χ1v) is 14.5. The molecule has 0 radical (unpaired) electrons. The molecule has 0 saturated carbocycles. The molecule has 170 valence electrons. The van der Waals surface area contributed by atoms with Crippen LogP contribution in [0.25, 0.3) is 0 Å². The number of pyridine rings is 2. The lowest BCUT2D eigenvalue weighted by Crippen LogP contribution is -2.24. The van der Waals surface area contributed by atoms with Gasteiger partial charge in [-0.1, -0.05) is 77.9 Å². The minimum atomic E-state index is -0.438. The van der Waals surface area contributed by atoms with Gasteiger partial charge in [-0.05, 0) is 87.7 Å². The zero-order chi connectivity index (χ0) is 23.5. The van der Waals surface area contributed by atoms with E-state index >= 15 is 0 Å². The van der Waals surface area contributed by atoms with Crippen molar-refractivity contribution in [3.8, 4) is 0 Å². The molecule has 2 atom stereocenters. The monoisotopic (exact) mass is 464 g/mol. The van der Waals surface area contributed by atoms with Crippen molar-refractivity contribution in [2.24, 2.45) is 0 Å². The van der Waals surface area contributed by atoms with Gasteiger partial charge in [0.15, 0.2) is 0 Å². The van der Waals surface area contributed by atoms with Gasteiger partial charge in [0.2, 0.25) is 0 Å². The predicted molar refractivity (Wildman–Crippen MR) is 144 cm³/mol. The van der Waals surface area contributed by atoms with E-state index in [4.69, 9.17) is 9.97 Å². The second kappa shape index (κ2) is 10.1. The van der Waals surface area contributed by atoms with Crippen LogP contribution in [-0.4, -0.2) is 20.3 Å². The molecule has 2 unspecified atom stereocenters. The van der Waals surface area contributed by atoms with E-state index in [-0.39, 0.29) is 10.3 Å². The van der Waals surface area contributed by atoms with Gasteiger partial charge in [0.1, 0.15) is 0 Å². The Labute approximate surface area is 197 Å². The Hall–Kier alpha value is -1.62. The summed E-state index contributed by atoms with van der Waals surface area (Å²) in [7, 11) is -0.875. The van der Waals surface area contributed by atoms with Crippen molar-refractivity contribution in [2.45, 2.75) is 78.0 Å². The summed E-state index contributed by atoms with van der Waals surface area (Å²) in [6.45, 7) is 18.4. The second-order valence-corrected chi connectivity index (χ2v) is 16.5. The standard InChI is InChI=1S/C28H38N2P2/c1-21-13-11-17-25(29-21)31(27(3,4)5)19-23-15-9-10-16-24(23)20-32(28(6,7)8)26-18-12-14-22(2)30-26/h9-18H,19-20H2,1-8H3. The Morgan fingerprint density at radius 2 is 0.938 bits per heavy atom. The Kier molecular flexibility index (Phi) is 7.90. The molecule has 0 aliphatic rings. The Balaban J connectivity index is 1.98. The average Bonchev–Trinajstić information content (AvgIpc) is 2.69. The normalized spacial score (nSPS) is 14.2. The van der Waals surface area contributed by atoms with E-state index < -0.39 is 15.8 Å². The highest BCUT2D eigenvalue weighted by Crippen LogP contribution is 2.54. The number of hydrogen-bond acceptors (Lipinski definition) is 2. The minimum Gasteiger partial charge on any atom is -0.253 e. The maximum atomic E-state index is 4.95. The molecular weight excluding hydrogens is 426 g/mol. The number of aromatic nitrogens is 2. The summed E-state index contributed by atoms with van der Waals surface area (Å²) in [5.41, 5.74) is 7.69. The molecule has 0 aliphatic carbocycles. The zero-order valence-electron chi connectivity index (χ0n) is 21.0. The summed E-state index contributed by atoms with van der Waals surface area (Å²) in [5, 5.41) is 0.381. The summed E-state index contributed by atoms with van der Waals surface area (Å²) in [4.78, 5) is 9.89. The summed E-state index contributed by atoms with van der Waals surface area (Å²) in [6, 6.07) is 22.0. The van der Waals surface area contributed by atoms with Crippen molar-refractivity contribution in [3.05, 3.63) is 83.2 Å².